The molecule has 3 rings (SSSR count). The van der Waals surface area contributed by atoms with Gasteiger partial charge in [-0.3, -0.25) is 14.5 Å². The van der Waals surface area contributed by atoms with E-state index < -0.39 is 23.7 Å². The van der Waals surface area contributed by atoms with Crippen LogP contribution in [0.25, 0.3) is 0 Å². The molecule has 1 N–H and O–H groups in total. The third kappa shape index (κ3) is 3.43. The van der Waals surface area contributed by atoms with Gasteiger partial charge in [-0.1, -0.05) is 19.9 Å². The van der Waals surface area contributed by atoms with E-state index in [0.717, 1.165) is 0 Å². The number of Topliss-reactive ketones (excluding diaryl/α,β-unsaturated/α-hetero) is 1. The Labute approximate surface area is 162 Å². The number of aliphatic hydroxyl groups excluding tert-OH is 1. The second-order valence-corrected chi connectivity index (χ2v) is 6.92. The fourth-order valence-corrected chi connectivity index (χ4v) is 3.25. The maximum Gasteiger partial charge on any atom is 0.337 e. The SMILES string of the molecule is COC(=O)c1cccc(N2C(=O)C(O)=C(C(=O)CC(C)C)C2c2ccco2)c1. The van der Waals surface area contributed by atoms with Crippen molar-refractivity contribution in [1.82, 2.24) is 0 Å². The number of methoxy groups -OCH3 is 1. The second-order valence-electron chi connectivity index (χ2n) is 6.92. The van der Waals surface area contributed by atoms with Gasteiger partial charge in [0.25, 0.3) is 5.91 Å². The standard InChI is InChI=1S/C21H21NO6/c1-12(2)10-15(23)17-18(16-8-5-9-28-16)22(20(25)19(17)24)14-7-4-6-13(11-14)21(26)27-3/h4-9,11-12,18,24H,10H2,1-3H3. The molecule has 0 aliphatic carbocycles. The molecular formula is C21H21NO6. The van der Waals surface area contributed by atoms with Gasteiger partial charge in [0, 0.05) is 12.1 Å². The summed E-state index contributed by atoms with van der Waals surface area (Å²) in [4.78, 5) is 38.8. The molecule has 0 spiro atoms. The molecule has 1 aromatic carbocycles. The van der Waals surface area contributed by atoms with Gasteiger partial charge < -0.3 is 14.3 Å². The largest absolute Gasteiger partial charge is 0.503 e. The fraction of sp³-hybridized carbons (Fsp3) is 0.286. The van der Waals surface area contributed by atoms with E-state index in [0.29, 0.717) is 11.4 Å². The van der Waals surface area contributed by atoms with Crippen molar-refractivity contribution in [3.8, 4) is 0 Å². The zero-order valence-electron chi connectivity index (χ0n) is 15.8. The van der Waals surface area contributed by atoms with Gasteiger partial charge in [0.1, 0.15) is 11.8 Å². The highest BCUT2D eigenvalue weighted by Crippen LogP contribution is 2.41. The van der Waals surface area contributed by atoms with E-state index in [4.69, 9.17) is 9.15 Å². The smallest absolute Gasteiger partial charge is 0.337 e. The van der Waals surface area contributed by atoms with Crippen LogP contribution in [0.2, 0.25) is 0 Å². The van der Waals surface area contributed by atoms with Gasteiger partial charge >= 0.3 is 5.97 Å². The molecule has 1 aromatic heterocycles. The first-order chi connectivity index (χ1) is 13.3. The van der Waals surface area contributed by atoms with Crippen LogP contribution >= 0.6 is 0 Å². The van der Waals surface area contributed by atoms with Crippen molar-refractivity contribution in [2.45, 2.75) is 26.3 Å². The quantitative estimate of drug-likeness (QED) is 0.766. The van der Waals surface area contributed by atoms with Gasteiger partial charge in [-0.2, -0.15) is 0 Å². The monoisotopic (exact) mass is 383 g/mol. The summed E-state index contributed by atoms with van der Waals surface area (Å²) < 4.78 is 10.2. The number of carbonyl (C=O) groups is 3. The number of hydrogen-bond acceptors (Lipinski definition) is 6. The maximum atomic E-state index is 12.9. The van der Waals surface area contributed by atoms with E-state index in [1.165, 1.54) is 24.3 Å². The van der Waals surface area contributed by atoms with Crippen molar-refractivity contribution < 1.29 is 28.6 Å². The van der Waals surface area contributed by atoms with Crippen LogP contribution in [0.1, 0.15) is 42.4 Å². The summed E-state index contributed by atoms with van der Waals surface area (Å²) in [6.07, 6.45) is 1.61. The Hall–Kier alpha value is -3.35. The molecule has 7 heteroatoms. The molecule has 1 atom stereocenters. The van der Waals surface area contributed by atoms with E-state index in [-0.39, 0.29) is 29.3 Å². The van der Waals surface area contributed by atoms with Gasteiger partial charge in [0.05, 0.1) is 24.5 Å². The van der Waals surface area contributed by atoms with Crippen LogP contribution in [0.5, 0.6) is 0 Å². The average molecular weight is 383 g/mol. The average Bonchev–Trinajstić information content (AvgIpc) is 3.28. The Morgan fingerprint density at radius 1 is 1.25 bits per heavy atom. The Bertz CT molecular complexity index is 942. The van der Waals surface area contributed by atoms with Crippen molar-refractivity contribution in [1.29, 1.82) is 0 Å². The molecule has 0 saturated carbocycles. The van der Waals surface area contributed by atoms with Crippen molar-refractivity contribution >= 4 is 23.3 Å². The lowest BCUT2D eigenvalue weighted by atomic mass is 9.95. The Morgan fingerprint density at radius 2 is 2.00 bits per heavy atom. The number of furan rings is 1. The summed E-state index contributed by atoms with van der Waals surface area (Å²) in [6, 6.07) is 8.60. The molecule has 0 fully saturated rings. The molecule has 1 unspecified atom stereocenters. The lowest BCUT2D eigenvalue weighted by Crippen LogP contribution is -2.31. The van der Waals surface area contributed by atoms with E-state index in [1.54, 1.807) is 30.3 Å². The number of rotatable bonds is 6. The van der Waals surface area contributed by atoms with Gasteiger partial charge in [-0.25, -0.2) is 4.79 Å². The summed E-state index contributed by atoms with van der Waals surface area (Å²) in [7, 11) is 1.26. The molecular weight excluding hydrogens is 362 g/mol. The van der Waals surface area contributed by atoms with Gasteiger partial charge in [-0.05, 0) is 36.2 Å². The zero-order chi connectivity index (χ0) is 20.4. The topological polar surface area (TPSA) is 97.0 Å². The third-order valence-electron chi connectivity index (χ3n) is 4.46. The molecule has 7 nitrogen and oxygen atoms in total. The molecule has 2 heterocycles. The van der Waals surface area contributed by atoms with Crippen LogP contribution in [-0.2, 0) is 14.3 Å². The predicted molar refractivity (Wildman–Crippen MR) is 101 cm³/mol. The minimum absolute atomic E-state index is 0.00267. The predicted octanol–water partition coefficient (Wildman–Crippen LogP) is 3.58. The highest BCUT2D eigenvalue weighted by atomic mass is 16.5. The maximum absolute atomic E-state index is 12.9. The first-order valence-corrected chi connectivity index (χ1v) is 8.86. The Kier molecular flexibility index (Phi) is 5.35. The normalized spacial score (nSPS) is 16.8. The Morgan fingerprint density at radius 3 is 2.61 bits per heavy atom. The number of anilines is 1. The molecule has 1 aliphatic rings. The molecule has 1 amide bonds. The van der Waals surface area contributed by atoms with Crippen LogP contribution in [0.15, 0.2) is 58.4 Å². The number of benzene rings is 1. The highest BCUT2D eigenvalue weighted by molar-refractivity contribution is 6.16. The summed E-state index contributed by atoms with van der Waals surface area (Å²) in [5, 5.41) is 10.5. The molecule has 2 aromatic rings. The van der Waals surface area contributed by atoms with Crippen LogP contribution in [0.4, 0.5) is 5.69 Å². The minimum Gasteiger partial charge on any atom is -0.503 e. The van der Waals surface area contributed by atoms with Crippen molar-refractivity contribution in [2.75, 3.05) is 12.0 Å². The summed E-state index contributed by atoms with van der Waals surface area (Å²) in [6.45, 7) is 3.76. The first kappa shape index (κ1) is 19.4. The number of amides is 1. The van der Waals surface area contributed by atoms with Gasteiger partial charge in [0.2, 0.25) is 0 Å². The van der Waals surface area contributed by atoms with Crippen LogP contribution in [0.3, 0.4) is 0 Å². The summed E-state index contributed by atoms with van der Waals surface area (Å²) in [5.41, 5.74) is 0.581. The van der Waals surface area contributed by atoms with E-state index >= 15 is 0 Å². The van der Waals surface area contributed by atoms with Gasteiger partial charge in [-0.15, -0.1) is 0 Å². The second kappa shape index (κ2) is 7.72. The van der Waals surface area contributed by atoms with Crippen LogP contribution in [0, 0.1) is 5.92 Å². The molecule has 0 saturated heterocycles. The molecule has 1 aliphatic heterocycles. The molecule has 28 heavy (non-hydrogen) atoms. The molecule has 0 radical (unpaired) electrons. The lowest BCUT2D eigenvalue weighted by Gasteiger charge is -2.25. The van der Waals surface area contributed by atoms with Crippen LogP contribution in [-0.4, -0.2) is 29.9 Å². The number of nitrogens with zero attached hydrogens (tertiary/aromatic N) is 1. The summed E-state index contributed by atoms with van der Waals surface area (Å²) in [5.74, 6) is -1.82. The zero-order valence-corrected chi connectivity index (χ0v) is 15.8. The van der Waals surface area contributed by atoms with Gasteiger partial charge in [0.15, 0.2) is 11.5 Å². The van der Waals surface area contributed by atoms with E-state index in [9.17, 15) is 19.5 Å². The molecule has 0 bridgehead atoms. The number of esters is 1. The number of hydrogen-bond donors (Lipinski definition) is 1. The van der Waals surface area contributed by atoms with Crippen LogP contribution < -0.4 is 4.90 Å². The minimum atomic E-state index is -0.915. The van der Waals surface area contributed by atoms with Crippen molar-refractivity contribution in [2.24, 2.45) is 5.92 Å². The fourth-order valence-electron chi connectivity index (χ4n) is 3.25. The number of carbonyl (C=O) groups excluding carboxylic acids is 3. The van der Waals surface area contributed by atoms with Crippen molar-refractivity contribution in [3.63, 3.8) is 0 Å². The lowest BCUT2D eigenvalue weighted by molar-refractivity contribution is -0.118. The summed E-state index contributed by atoms with van der Waals surface area (Å²) >= 11 is 0. The molecule has 146 valence electrons. The first-order valence-electron chi connectivity index (χ1n) is 8.86. The third-order valence-corrected chi connectivity index (χ3v) is 4.46. The highest BCUT2D eigenvalue weighted by Gasteiger charge is 2.45. The van der Waals surface area contributed by atoms with E-state index in [1.807, 2.05) is 13.8 Å². The Balaban J connectivity index is 2.10. The number of ether oxygens (including phenoxy) is 1. The number of ketones is 1. The van der Waals surface area contributed by atoms with E-state index in [2.05, 4.69) is 0 Å². The van der Waals surface area contributed by atoms with Crippen molar-refractivity contribution in [3.05, 3.63) is 65.3 Å². The number of aliphatic hydroxyl groups is 1.